The molecule has 0 saturated heterocycles. The van der Waals surface area contributed by atoms with Crippen molar-refractivity contribution in [3.8, 4) is 0 Å². The number of rotatable bonds is 30. The number of aliphatic carboxylic acids is 3. The molecular formula is C36H69DyO6. The van der Waals surface area contributed by atoms with E-state index in [0.29, 0.717) is 0 Å². The maximum absolute atomic E-state index is 10.1. The summed E-state index contributed by atoms with van der Waals surface area (Å²) in [6, 6.07) is 0. The van der Waals surface area contributed by atoms with E-state index in [4.69, 9.17) is 0 Å². The zero-order valence-electron chi connectivity index (χ0n) is 28.5. The van der Waals surface area contributed by atoms with Gasteiger partial charge >= 0.3 is 38.2 Å². The summed E-state index contributed by atoms with van der Waals surface area (Å²) in [6.07, 6.45) is 33.5. The van der Waals surface area contributed by atoms with Crippen molar-refractivity contribution < 1.29 is 67.9 Å². The van der Waals surface area contributed by atoms with E-state index < -0.39 is 17.9 Å². The second-order valence-electron chi connectivity index (χ2n) is 11.9. The van der Waals surface area contributed by atoms with Crippen molar-refractivity contribution in [1.29, 1.82) is 0 Å². The van der Waals surface area contributed by atoms with Crippen LogP contribution in [0.15, 0.2) is 0 Å². The third kappa shape index (κ3) is 61.5. The van der Waals surface area contributed by atoms with Crippen LogP contribution in [0.5, 0.6) is 0 Å². The van der Waals surface area contributed by atoms with Gasteiger partial charge in [-0.05, 0) is 38.5 Å². The second kappa shape index (κ2) is 46.1. The second-order valence-corrected chi connectivity index (χ2v) is 11.9. The van der Waals surface area contributed by atoms with Crippen molar-refractivity contribution in [3.05, 3.63) is 0 Å². The van der Waals surface area contributed by atoms with Gasteiger partial charge in [-0.1, -0.05) is 175 Å². The molecule has 1 radical (unpaired) electrons. The van der Waals surface area contributed by atoms with Gasteiger partial charge in [0.25, 0.3) is 0 Å². The largest absolute Gasteiger partial charge is 3.00 e. The summed E-state index contributed by atoms with van der Waals surface area (Å²) in [4.78, 5) is 30.3. The van der Waals surface area contributed by atoms with Crippen LogP contribution < -0.4 is 15.3 Å². The van der Waals surface area contributed by atoms with Gasteiger partial charge in [-0.3, -0.25) is 0 Å². The molecule has 43 heavy (non-hydrogen) atoms. The van der Waals surface area contributed by atoms with Gasteiger partial charge in [-0.15, -0.1) is 0 Å². The van der Waals surface area contributed by atoms with Crippen molar-refractivity contribution in [1.82, 2.24) is 0 Å². The molecule has 0 unspecified atom stereocenters. The molecule has 0 aromatic carbocycles. The van der Waals surface area contributed by atoms with Crippen LogP contribution >= 0.6 is 0 Å². The zero-order valence-corrected chi connectivity index (χ0v) is 30.5. The van der Waals surface area contributed by atoms with Crippen molar-refractivity contribution in [2.24, 2.45) is 0 Å². The van der Waals surface area contributed by atoms with E-state index in [2.05, 4.69) is 20.8 Å². The summed E-state index contributed by atoms with van der Waals surface area (Å²) >= 11 is 0. The Morgan fingerprint density at radius 2 is 0.442 bits per heavy atom. The molecule has 0 aliphatic carbocycles. The van der Waals surface area contributed by atoms with E-state index in [1.807, 2.05) is 0 Å². The van der Waals surface area contributed by atoms with Crippen molar-refractivity contribution in [2.45, 2.75) is 213 Å². The molecule has 0 aliphatic heterocycles. The Bertz CT molecular complexity index is 480. The Balaban J connectivity index is -0.000000262. The number of carboxylic acids is 3. The minimum absolute atomic E-state index is 0. The van der Waals surface area contributed by atoms with E-state index in [-0.39, 0.29) is 57.4 Å². The van der Waals surface area contributed by atoms with Gasteiger partial charge in [0, 0.05) is 17.9 Å². The molecule has 0 aromatic rings. The SMILES string of the molecule is CCCCCCCCCCCC(=O)[O-].CCCCCCCCCCCC(=O)[O-].CCCCCCCCCCCC(=O)[O-].[Dy+3]. The van der Waals surface area contributed by atoms with Crippen molar-refractivity contribution in [2.75, 3.05) is 0 Å². The molecule has 0 N–H and O–H groups in total. The number of carbonyl (C=O) groups excluding carboxylic acids is 3. The van der Waals surface area contributed by atoms with Crippen LogP contribution in [0.25, 0.3) is 0 Å². The Labute approximate surface area is 297 Å². The predicted molar refractivity (Wildman–Crippen MR) is 171 cm³/mol. The van der Waals surface area contributed by atoms with Gasteiger partial charge in [0.15, 0.2) is 0 Å². The molecule has 0 aromatic heterocycles. The topological polar surface area (TPSA) is 120 Å². The summed E-state index contributed by atoms with van der Waals surface area (Å²) < 4.78 is 0. The number of hydrogen-bond acceptors (Lipinski definition) is 6. The fourth-order valence-electron chi connectivity index (χ4n) is 4.74. The summed E-state index contributed by atoms with van der Waals surface area (Å²) in [6.45, 7) is 6.67. The molecule has 0 amide bonds. The number of unbranched alkanes of at least 4 members (excludes halogenated alkanes) is 24. The van der Waals surface area contributed by atoms with Crippen molar-refractivity contribution >= 4 is 17.9 Å². The van der Waals surface area contributed by atoms with E-state index >= 15 is 0 Å². The molecule has 0 spiro atoms. The predicted octanol–water partition coefficient (Wildman–Crippen LogP) is 7.97. The summed E-state index contributed by atoms with van der Waals surface area (Å²) in [5.74, 6) is -2.73. The molecular weight excluding hydrogens is 691 g/mol. The summed E-state index contributed by atoms with van der Waals surface area (Å²) in [5.41, 5.74) is 0. The smallest absolute Gasteiger partial charge is 0.550 e. The molecule has 0 heterocycles. The van der Waals surface area contributed by atoms with Gasteiger partial charge < -0.3 is 29.7 Å². The third-order valence-electron chi connectivity index (χ3n) is 7.45. The van der Waals surface area contributed by atoms with Gasteiger partial charge in [-0.25, -0.2) is 0 Å². The van der Waals surface area contributed by atoms with Gasteiger partial charge in [0.1, 0.15) is 0 Å². The standard InChI is InChI=1S/3C12H24O2.Dy/c3*1-2-3-4-5-6-7-8-9-10-11-12(13)14;/h3*2-11H2,1H3,(H,13,14);/q;;;+3/p-3. The first-order valence-electron chi connectivity index (χ1n) is 17.9. The summed E-state index contributed by atoms with van der Waals surface area (Å²) in [7, 11) is 0. The fourth-order valence-corrected chi connectivity index (χ4v) is 4.74. The molecule has 0 bridgehead atoms. The maximum Gasteiger partial charge on any atom is 3.00 e. The van der Waals surface area contributed by atoms with Crippen LogP contribution in [0.1, 0.15) is 213 Å². The first-order valence-corrected chi connectivity index (χ1v) is 17.9. The molecule has 0 saturated carbocycles. The first-order chi connectivity index (χ1) is 20.3. The van der Waals surface area contributed by atoms with Crippen LogP contribution in [0.4, 0.5) is 0 Å². The maximum atomic E-state index is 10.1. The Morgan fingerprint density at radius 3 is 0.581 bits per heavy atom. The molecule has 259 valence electrons. The minimum atomic E-state index is -0.909. The average Bonchev–Trinajstić information content (AvgIpc) is 2.95. The molecule has 0 atom stereocenters. The van der Waals surface area contributed by atoms with Crippen LogP contribution in [0.3, 0.4) is 0 Å². The van der Waals surface area contributed by atoms with Crippen LogP contribution in [-0.4, -0.2) is 17.9 Å². The Kier molecular flexibility index (Phi) is 53.1. The average molecular weight is 760 g/mol. The quantitative estimate of drug-likeness (QED) is 0.0686. The molecule has 0 rings (SSSR count). The fraction of sp³-hybridized carbons (Fsp3) is 0.917. The zero-order chi connectivity index (χ0) is 31.9. The normalized spacial score (nSPS) is 10.1. The van der Waals surface area contributed by atoms with E-state index in [1.54, 1.807) is 0 Å². The Morgan fingerprint density at radius 1 is 0.302 bits per heavy atom. The molecule has 0 aliphatic rings. The van der Waals surface area contributed by atoms with E-state index in [1.165, 1.54) is 135 Å². The monoisotopic (exact) mass is 761 g/mol. The van der Waals surface area contributed by atoms with E-state index in [0.717, 1.165) is 38.5 Å². The first kappa shape index (κ1) is 49.6. The van der Waals surface area contributed by atoms with Gasteiger partial charge in [0.05, 0.1) is 0 Å². The number of carboxylic acid groups (broad SMARTS) is 3. The number of carbonyl (C=O) groups is 3. The van der Waals surface area contributed by atoms with E-state index in [9.17, 15) is 29.7 Å². The Hall–Kier alpha value is -0.317. The molecule has 6 nitrogen and oxygen atoms in total. The van der Waals surface area contributed by atoms with Crippen LogP contribution in [0, 0.1) is 38.2 Å². The molecule has 7 heteroatoms. The van der Waals surface area contributed by atoms with Crippen LogP contribution in [0.2, 0.25) is 0 Å². The van der Waals surface area contributed by atoms with Crippen molar-refractivity contribution in [3.63, 3.8) is 0 Å². The molecule has 0 fully saturated rings. The van der Waals surface area contributed by atoms with Crippen LogP contribution in [-0.2, 0) is 14.4 Å². The third-order valence-corrected chi connectivity index (χ3v) is 7.45. The van der Waals surface area contributed by atoms with Gasteiger partial charge in [-0.2, -0.15) is 0 Å². The minimum Gasteiger partial charge on any atom is -0.550 e. The summed E-state index contributed by atoms with van der Waals surface area (Å²) in [5, 5.41) is 30.3. The number of hydrogen-bond donors (Lipinski definition) is 0. The van der Waals surface area contributed by atoms with Gasteiger partial charge in [0.2, 0.25) is 0 Å².